The van der Waals surface area contributed by atoms with E-state index in [9.17, 15) is 4.79 Å². The maximum atomic E-state index is 13.0. The summed E-state index contributed by atoms with van der Waals surface area (Å²) < 4.78 is 10.1. The van der Waals surface area contributed by atoms with Crippen molar-refractivity contribution in [2.24, 2.45) is 0 Å². The molecule has 0 saturated carbocycles. The maximum Gasteiger partial charge on any atom is 0.259 e. The van der Waals surface area contributed by atoms with Crippen molar-refractivity contribution in [2.45, 2.75) is 0 Å². The first-order chi connectivity index (χ1) is 12.2. The summed E-state index contributed by atoms with van der Waals surface area (Å²) in [5, 5.41) is 4.49. The lowest BCUT2D eigenvalue weighted by molar-refractivity contribution is 0.0303. The number of nitrogens with zero attached hydrogens (tertiary/aromatic N) is 4. The summed E-state index contributed by atoms with van der Waals surface area (Å²) in [6.45, 7) is 2.36. The second-order valence-corrected chi connectivity index (χ2v) is 6.68. The predicted octanol–water partition coefficient (Wildman–Crippen LogP) is 2.90. The minimum atomic E-state index is -0.0182. The van der Waals surface area contributed by atoms with Gasteiger partial charge in [0, 0.05) is 30.0 Å². The van der Waals surface area contributed by atoms with Crippen LogP contribution in [0.25, 0.3) is 11.5 Å². The summed E-state index contributed by atoms with van der Waals surface area (Å²) in [6.07, 6.45) is 5.49. The highest BCUT2D eigenvalue weighted by molar-refractivity contribution is 9.10. The predicted molar refractivity (Wildman–Crippen MR) is 97.3 cm³/mol. The average Bonchev–Trinajstić information content (AvgIpc) is 3.32. The number of benzene rings is 1. The quantitative estimate of drug-likeness (QED) is 0.678. The number of rotatable bonds is 3. The van der Waals surface area contributed by atoms with Crippen LogP contribution in [0.15, 0.2) is 59.5 Å². The molecule has 1 aromatic carbocycles. The molecule has 0 N–H and O–H groups in total. The van der Waals surface area contributed by atoms with Crippen molar-refractivity contribution in [2.75, 3.05) is 26.3 Å². The number of carbonyl (C=O) groups is 1. The standard InChI is InChI=1S/C18H17BrN4O2/c19-14-3-5-15(6-4-14)23-17(21-7-1-2-8-21)16(13-20-23)18(24)22-9-11-25-12-10-22/h1-8,13H,9-12H2. The molecule has 25 heavy (non-hydrogen) atoms. The topological polar surface area (TPSA) is 52.3 Å². The van der Waals surface area contributed by atoms with Crippen molar-refractivity contribution in [3.8, 4) is 11.5 Å². The van der Waals surface area contributed by atoms with E-state index in [1.165, 1.54) is 0 Å². The van der Waals surface area contributed by atoms with Gasteiger partial charge < -0.3 is 14.2 Å². The Kier molecular flexibility index (Phi) is 4.42. The van der Waals surface area contributed by atoms with Crippen molar-refractivity contribution in [1.29, 1.82) is 0 Å². The fourth-order valence-corrected chi connectivity index (χ4v) is 3.19. The van der Waals surface area contributed by atoms with Crippen LogP contribution in [0.1, 0.15) is 10.4 Å². The number of carbonyl (C=O) groups excluding carboxylic acids is 1. The molecule has 1 saturated heterocycles. The molecule has 1 fully saturated rings. The Morgan fingerprint density at radius 2 is 1.76 bits per heavy atom. The van der Waals surface area contributed by atoms with Crippen molar-refractivity contribution < 1.29 is 9.53 Å². The largest absolute Gasteiger partial charge is 0.378 e. The molecule has 0 atom stereocenters. The molecule has 3 aromatic rings. The van der Waals surface area contributed by atoms with E-state index in [0.717, 1.165) is 16.0 Å². The second kappa shape index (κ2) is 6.85. The van der Waals surface area contributed by atoms with Crippen LogP contribution >= 0.6 is 15.9 Å². The van der Waals surface area contributed by atoms with Gasteiger partial charge in [-0.3, -0.25) is 4.79 Å². The Labute approximate surface area is 153 Å². The third-order valence-corrected chi connectivity index (χ3v) is 4.72. The summed E-state index contributed by atoms with van der Waals surface area (Å²) in [5.74, 6) is 0.721. The third-order valence-electron chi connectivity index (χ3n) is 4.19. The molecule has 2 aromatic heterocycles. The number of hydrogen-bond acceptors (Lipinski definition) is 3. The van der Waals surface area contributed by atoms with Gasteiger partial charge in [-0.25, -0.2) is 4.68 Å². The second-order valence-electron chi connectivity index (χ2n) is 5.76. The fraction of sp³-hybridized carbons (Fsp3) is 0.222. The zero-order valence-electron chi connectivity index (χ0n) is 13.5. The van der Waals surface area contributed by atoms with Crippen LogP contribution in [0.4, 0.5) is 0 Å². The molecular formula is C18H17BrN4O2. The molecular weight excluding hydrogens is 384 g/mol. The lowest BCUT2D eigenvalue weighted by Crippen LogP contribution is -2.40. The summed E-state index contributed by atoms with van der Waals surface area (Å²) in [5.41, 5.74) is 1.48. The van der Waals surface area contributed by atoms with Gasteiger partial charge in [0.1, 0.15) is 5.56 Å². The molecule has 128 valence electrons. The van der Waals surface area contributed by atoms with Gasteiger partial charge in [-0.1, -0.05) is 15.9 Å². The molecule has 0 bridgehead atoms. The lowest BCUT2D eigenvalue weighted by atomic mass is 10.2. The van der Waals surface area contributed by atoms with E-state index in [4.69, 9.17) is 4.74 Å². The Morgan fingerprint density at radius 1 is 1.08 bits per heavy atom. The fourth-order valence-electron chi connectivity index (χ4n) is 2.93. The summed E-state index contributed by atoms with van der Waals surface area (Å²) in [7, 11) is 0. The van der Waals surface area contributed by atoms with E-state index in [1.54, 1.807) is 10.9 Å². The van der Waals surface area contributed by atoms with Crippen LogP contribution in [0, 0.1) is 0 Å². The highest BCUT2D eigenvalue weighted by Crippen LogP contribution is 2.22. The molecule has 6 nitrogen and oxygen atoms in total. The van der Waals surface area contributed by atoms with Gasteiger partial charge in [0.05, 0.1) is 25.1 Å². The molecule has 7 heteroatoms. The van der Waals surface area contributed by atoms with Crippen LogP contribution in [0.5, 0.6) is 0 Å². The van der Waals surface area contributed by atoms with Crippen LogP contribution in [0.2, 0.25) is 0 Å². The van der Waals surface area contributed by atoms with E-state index in [0.29, 0.717) is 31.9 Å². The first-order valence-electron chi connectivity index (χ1n) is 8.08. The number of hydrogen-bond donors (Lipinski definition) is 0. The van der Waals surface area contributed by atoms with Gasteiger partial charge >= 0.3 is 0 Å². The molecule has 4 rings (SSSR count). The minimum absolute atomic E-state index is 0.0182. The van der Waals surface area contributed by atoms with Crippen molar-refractivity contribution in [3.63, 3.8) is 0 Å². The van der Waals surface area contributed by atoms with E-state index in [-0.39, 0.29) is 5.91 Å². The summed E-state index contributed by atoms with van der Waals surface area (Å²) in [4.78, 5) is 14.8. The number of amides is 1. The maximum absolute atomic E-state index is 13.0. The molecule has 3 heterocycles. The first kappa shape index (κ1) is 16.1. The highest BCUT2D eigenvalue weighted by atomic mass is 79.9. The Bertz CT molecular complexity index is 865. The normalized spacial score (nSPS) is 14.7. The number of ether oxygens (including phenoxy) is 1. The van der Waals surface area contributed by atoms with Crippen LogP contribution < -0.4 is 0 Å². The van der Waals surface area contributed by atoms with Crippen LogP contribution in [-0.2, 0) is 4.74 Å². The smallest absolute Gasteiger partial charge is 0.259 e. The number of aromatic nitrogens is 3. The number of halogens is 1. The Hall–Kier alpha value is -2.38. The third kappa shape index (κ3) is 3.12. The van der Waals surface area contributed by atoms with Crippen LogP contribution in [-0.4, -0.2) is 51.5 Å². The molecule has 0 radical (unpaired) electrons. The summed E-state index contributed by atoms with van der Waals surface area (Å²) in [6, 6.07) is 11.7. The van der Waals surface area contributed by atoms with E-state index >= 15 is 0 Å². The van der Waals surface area contributed by atoms with Gasteiger partial charge in [-0.05, 0) is 36.4 Å². The minimum Gasteiger partial charge on any atom is -0.378 e. The molecule has 1 aliphatic rings. The number of morpholine rings is 1. The van der Waals surface area contributed by atoms with Crippen molar-refractivity contribution in [1.82, 2.24) is 19.2 Å². The van der Waals surface area contributed by atoms with Gasteiger partial charge in [-0.15, -0.1) is 0 Å². The van der Waals surface area contributed by atoms with E-state index < -0.39 is 0 Å². The highest BCUT2D eigenvalue weighted by Gasteiger charge is 2.25. The van der Waals surface area contributed by atoms with Crippen LogP contribution in [0.3, 0.4) is 0 Å². The monoisotopic (exact) mass is 400 g/mol. The zero-order chi connectivity index (χ0) is 17.2. The van der Waals surface area contributed by atoms with E-state index in [2.05, 4.69) is 21.0 Å². The van der Waals surface area contributed by atoms with E-state index in [1.807, 2.05) is 58.3 Å². The SMILES string of the molecule is O=C(c1cnn(-c2ccc(Br)cc2)c1-n1cccc1)N1CCOCC1. The lowest BCUT2D eigenvalue weighted by Gasteiger charge is -2.26. The summed E-state index contributed by atoms with van der Waals surface area (Å²) >= 11 is 3.45. The van der Waals surface area contributed by atoms with Gasteiger partial charge in [0.2, 0.25) is 0 Å². The van der Waals surface area contributed by atoms with Crippen molar-refractivity contribution in [3.05, 3.63) is 65.0 Å². The van der Waals surface area contributed by atoms with Gasteiger partial charge in [-0.2, -0.15) is 5.10 Å². The molecule has 0 aliphatic carbocycles. The van der Waals surface area contributed by atoms with Crippen molar-refractivity contribution >= 4 is 21.8 Å². The van der Waals surface area contributed by atoms with Gasteiger partial charge in [0.25, 0.3) is 5.91 Å². The van der Waals surface area contributed by atoms with Gasteiger partial charge in [0.15, 0.2) is 5.82 Å². The molecule has 1 amide bonds. The molecule has 1 aliphatic heterocycles. The first-order valence-corrected chi connectivity index (χ1v) is 8.87. The Balaban J connectivity index is 1.79. The average molecular weight is 401 g/mol. The molecule has 0 spiro atoms. The zero-order valence-corrected chi connectivity index (χ0v) is 15.1. The Morgan fingerprint density at radius 3 is 2.44 bits per heavy atom. The molecule has 0 unspecified atom stereocenters.